The Kier molecular flexibility index (Phi) is 2.58. The number of rotatable bonds is 1. The summed E-state index contributed by atoms with van der Waals surface area (Å²) in [4.78, 5) is 0. The molecule has 1 N–H and O–H groups in total. The van der Waals surface area contributed by atoms with E-state index in [-0.39, 0.29) is 12.1 Å². The van der Waals surface area contributed by atoms with Gasteiger partial charge in [0.15, 0.2) is 0 Å². The van der Waals surface area contributed by atoms with Gasteiger partial charge < -0.3 is 14.5 Å². The van der Waals surface area contributed by atoms with Crippen molar-refractivity contribution in [2.75, 3.05) is 11.9 Å². The number of fused-ring (bicyclic) bond motifs is 5. The van der Waals surface area contributed by atoms with Crippen molar-refractivity contribution in [2.45, 2.75) is 18.6 Å². The molecule has 3 aromatic rings. The van der Waals surface area contributed by atoms with Crippen LogP contribution in [0.15, 0.2) is 59.2 Å². The molecule has 1 aromatic heterocycles. The standard InChI is InChI=1S/C19H17NO2/c1-2-5-13-12(4-1)7-8-14-17(13)20-18(16-6-3-10-21-16)15-9-11-22-19(14)15/h1-8,10,15,18-20H,9,11H2/t15-,18-,19+/m1/s1. The van der Waals surface area contributed by atoms with Crippen LogP contribution in [0.4, 0.5) is 5.69 Å². The van der Waals surface area contributed by atoms with Gasteiger partial charge in [0.2, 0.25) is 0 Å². The Hall–Kier alpha value is -2.26. The molecule has 1 saturated heterocycles. The van der Waals surface area contributed by atoms with E-state index in [0.29, 0.717) is 5.92 Å². The highest BCUT2D eigenvalue weighted by molar-refractivity contribution is 5.96. The molecule has 3 heterocycles. The molecule has 0 aliphatic carbocycles. The molecule has 3 heteroatoms. The Balaban J connectivity index is 1.72. The van der Waals surface area contributed by atoms with Crippen LogP contribution in [0, 0.1) is 5.92 Å². The summed E-state index contributed by atoms with van der Waals surface area (Å²) >= 11 is 0. The van der Waals surface area contributed by atoms with Crippen LogP contribution in [0.3, 0.4) is 0 Å². The summed E-state index contributed by atoms with van der Waals surface area (Å²) in [5.74, 6) is 1.43. The lowest BCUT2D eigenvalue weighted by molar-refractivity contribution is 0.0810. The molecule has 3 atom stereocenters. The van der Waals surface area contributed by atoms with E-state index in [1.54, 1.807) is 6.26 Å². The highest BCUT2D eigenvalue weighted by Crippen LogP contribution is 2.51. The van der Waals surface area contributed by atoms with Crippen LogP contribution in [0.1, 0.15) is 29.9 Å². The number of furan rings is 1. The van der Waals surface area contributed by atoms with E-state index in [1.165, 1.54) is 22.0 Å². The van der Waals surface area contributed by atoms with Gasteiger partial charge in [0.25, 0.3) is 0 Å². The van der Waals surface area contributed by atoms with E-state index in [2.05, 4.69) is 47.8 Å². The van der Waals surface area contributed by atoms with Gasteiger partial charge in [-0.3, -0.25) is 0 Å². The summed E-state index contributed by atoms with van der Waals surface area (Å²) in [7, 11) is 0. The van der Waals surface area contributed by atoms with Crippen LogP contribution >= 0.6 is 0 Å². The van der Waals surface area contributed by atoms with E-state index in [1.807, 2.05) is 6.07 Å². The van der Waals surface area contributed by atoms with Crippen LogP contribution in [0.25, 0.3) is 10.8 Å². The predicted octanol–water partition coefficient (Wildman–Crippen LogP) is 4.68. The fourth-order valence-electron chi connectivity index (χ4n) is 3.97. The molecule has 3 nitrogen and oxygen atoms in total. The Bertz CT molecular complexity index is 825. The lowest BCUT2D eigenvalue weighted by Gasteiger charge is -2.35. The first-order valence-electron chi connectivity index (χ1n) is 7.85. The van der Waals surface area contributed by atoms with Crippen molar-refractivity contribution in [1.82, 2.24) is 0 Å². The summed E-state index contributed by atoms with van der Waals surface area (Å²) in [5, 5.41) is 6.25. The Morgan fingerprint density at radius 1 is 1.00 bits per heavy atom. The maximum absolute atomic E-state index is 6.08. The first-order valence-corrected chi connectivity index (χ1v) is 7.85. The Morgan fingerprint density at radius 3 is 2.86 bits per heavy atom. The minimum Gasteiger partial charge on any atom is -0.467 e. The smallest absolute Gasteiger partial charge is 0.126 e. The first kappa shape index (κ1) is 12.3. The van der Waals surface area contributed by atoms with E-state index in [9.17, 15) is 0 Å². The van der Waals surface area contributed by atoms with Crippen LogP contribution in [0.2, 0.25) is 0 Å². The predicted molar refractivity (Wildman–Crippen MR) is 85.8 cm³/mol. The number of ether oxygens (including phenoxy) is 1. The number of hydrogen-bond acceptors (Lipinski definition) is 3. The van der Waals surface area contributed by atoms with Crippen molar-refractivity contribution in [3.63, 3.8) is 0 Å². The van der Waals surface area contributed by atoms with E-state index >= 15 is 0 Å². The molecule has 2 aromatic carbocycles. The molecule has 5 rings (SSSR count). The van der Waals surface area contributed by atoms with Crippen molar-refractivity contribution < 1.29 is 9.15 Å². The summed E-state index contributed by atoms with van der Waals surface area (Å²) < 4.78 is 11.8. The third-order valence-electron chi connectivity index (χ3n) is 4.98. The molecule has 0 spiro atoms. The highest BCUT2D eigenvalue weighted by Gasteiger charge is 2.42. The molecule has 0 amide bonds. The molecule has 22 heavy (non-hydrogen) atoms. The minimum absolute atomic E-state index is 0.163. The number of benzene rings is 2. The average Bonchev–Trinajstić information content (AvgIpc) is 3.25. The molecule has 2 aliphatic heterocycles. The van der Waals surface area contributed by atoms with Crippen LogP contribution < -0.4 is 5.32 Å². The lowest BCUT2D eigenvalue weighted by atomic mass is 9.82. The fraction of sp³-hybridized carbons (Fsp3) is 0.263. The summed E-state index contributed by atoms with van der Waals surface area (Å²) in [6.07, 6.45) is 2.98. The summed E-state index contributed by atoms with van der Waals surface area (Å²) in [6, 6.07) is 17.1. The number of hydrogen-bond donors (Lipinski definition) is 1. The van der Waals surface area contributed by atoms with Crippen LogP contribution in [0.5, 0.6) is 0 Å². The quantitative estimate of drug-likeness (QED) is 0.707. The molecule has 110 valence electrons. The zero-order valence-electron chi connectivity index (χ0n) is 12.2. The highest BCUT2D eigenvalue weighted by atomic mass is 16.5. The van der Waals surface area contributed by atoms with Gasteiger partial charge in [0.05, 0.1) is 18.4 Å². The summed E-state index contributed by atoms with van der Waals surface area (Å²) in [5.41, 5.74) is 2.48. The van der Waals surface area contributed by atoms with Crippen LogP contribution in [-0.2, 0) is 4.74 Å². The third kappa shape index (κ3) is 1.66. The topological polar surface area (TPSA) is 34.4 Å². The molecular weight excluding hydrogens is 274 g/mol. The van der Waals surface area contributed by atoms with Crippen molar-refractivity contribution >= 4 is 16.5 Å². The molecule has 1 fully saturated rings. The molecule has 2 aliphatic rings. The molecule has 0 radical (unpaired) electrons. The monoisotopic (exact) mass is 291 g/mol. The molecule has 0 saturated carbocycles. The third-order valence-corrected chi connectivity index (χ3v) is 4.98. The first-order chi connectivity index (χ1) is 10.9. The normalized spacial score (nSPS) is 26.5. The number of anilines is 1. The van der Waals surface area contributed by atoms with Gasteiger partial charge in [-0.1, -0.05) is 36.4 Å². The zero-order chi connectivity index (χ0) is 14.5. The fourth-order valence-corrected chi connectivity index (χ4v) is 3.97. The summed E-state index contributed by atoms with van der Waals surface area (Å²) in [6.45, 7) is 0.820. The van der Waals surface area contributed by atoms with Crippen LogP contribution in [-0.4, -0.2) is 6.61 Å². The van der Waals surface area contributed by atoms with Gasteiger partial charge in [-0.15, -0.1) is 0 Å². The van der Waals surface area contributed by atoms with Gasteiger partial charge in [0, 0.05) is 29.2 Å². The van der Waals surface area contributed by atoms with E-state index < -0.39 is 0 Å². The minimum atomic E-state index is 0.163. The second-order valence-electron chi connectivity index (χ2n) is 6.13. The molecule has 0 bridgehead atoms. The van der Waals surface area contributed by atoms with E-state index in [0.717, 1.165) is 18.8 Å². The number of nitrogens with one attached hydrogen (secondary N) is 1. The second-order valence-corrected chi connectivity index (χ2v) is 6.13. The molecule has 0 unspecified atom stereocenters. The van der Waals surface area contributed by atoms with Crippen molar-refractivity contribution in [1.29, 1.82) is 0 Å². The van der Waals surface area contributed by atoms with Gasteiger partial charge >= 0.3 is 0 Å². The van der Waals surface area contributed by atoms with Gasteiger partial charge in [-0.2, -0.15) is 0 Å². The maximum atomic E-state index is 6.08. The van der Waals surface area contributed by atoms with Crippen molar-refractivity contribution in [3.05, 3.63) is 66.1 Å². The zero-order valence-corrected chi connectivity index (χ0v) is 12.2. The van der Waals surface area contributed by atoms with Gasteiger partial charge in [0.1, 0.15) is 5.76 Å². The lowest BCUT2D eigenvalue weighted by Crippen LogP contribution is -2.29. The van der Waals surface area contributed by atoms with Gasteiger partial charge in [-0.25, -0.2) is 0 Å². The maximum Gasteiger partial charge on any atom is 0.126 e. The SMILES string of the molecule is c1coc([C@@H]2Nc3c(ccc4ccccc34)[C@@H]3OCC[C@H]23)c1. The van der Waals surface area contributed by atoms with Gasteiger partial charge in [-0.05, 0) is 23.9 Å². The second kappa shape index (κ2) is 4.62. The average molecular weight is 291 g/mol. The Morgan fingerprint density at radius 2 is 1.95 bits per heavy atom. The van der Waals surface area contributed by atoms with E-state index in [4.69, 9.17) is 9.15 Å². The van der Waals surface area contributed by atoms with Crippen molar-refractivity contribution in [3.8, 4) is 0 Å². The van der Waals surface area contributed by atoms with Crippen molar-refractivity contribution in [2.24, 2.45) is 5.92 Å². The largest absolute Gasteiger partial charge is 0.467 e. The Labute approximate surface area is 128 Å². The molecular formula is C19H17NO2.